The van der Waals surface area contributed by atoms with E-state index in [1.807, 2.05) is 24.4 Å². The predicted molar refractivity (Wildman–Crippen MR) is 97.8 cm³/mol. The van der Waals surface area contributed by atoms with E-state index in [9.17, 15) is 4.79 Å². The molecule has 1 amide bonds. The number of rotatable bonds is 5. The number of benzene rings is 1. The smallest absolute Gasteiger partial charge is 0.255 e. The molecule has 5 nitrogen and oxygen atoms in total. The van der Waals surface area contributed by atoms with Gasteiger partial charge in [0, 0.05) is 23.4 Å². The lowest BCUT2D eigenvalue weighted by Crippen LogP contribution is -2.11. The Hall–Kier alpha value is -3.21. The molecule has 0 unspecified atom stereocenters. The van der Waals surface area contributed by atoms with E-state index in [2.05, 4.69) is 28.3 Å². The molecule has 25 heavy (non-hydrogen) atoms. The first-order valence-corrected chi connectivity index (χ1v) is 8.06. The van der Waals surface area contributed by atoms with Crippen LogP contribution in [-0.4, -0.2) is 23.0 Å². The minimum absolute atomic E-state index is 0.187. The van der Waals surface area contributed by atoms with E-state index >= 15 is 0 Å². The van der Waals surface area contributed by atoms with Crippen LogP contribution >= 0.6 is 0 Å². The van der Waals surface area contributed by atoms with Crippen LogP contribution in [0.4, 0.5) is 5.69 Å². The van der Waals surface area contributed by atoms with E-state index in [1.165, 1.54) is 5.56 Å². The molecule has 0 radical (unpaired) electrons. The number of hydrogen-bond acceptors (Lipinski definition) is 4. The van der Waals surface area contributed by atoms with E-state index in [-0.39, 0.29) is 5.91 Å². The molecule has 5 heteroatoms. The third-order valence-corrected chi connectivity index (χ3v) is 3.88. The number of ether oxygens (including phenoxy) is 1. The standard InChI is InChI=1S/C20H19N3O2/c1-3-14-4-10-18(21-12-14)15-5-7-16(8-6-15)20(24)23-17-9-11-19(25-2)22-13-17/h4-13H,3H2,1-2H3,(H,23,24). The van der Waals surface area contributed by atoms with Gasteiger partial charge in [0.1, 0.15) is 0 Å². The number of carbonyl (C=O) groups is 1. The molecule has 0 spiro atoms. The molecule has 2 heterocycles. The number of nitrogens with zero attached hydrogens (tertiary/aromatic N) is 2. The Labute approximate surface area is 146 Å². The van der Waals surface area contributed by atoms with Crippen molar-refractivity contribution in [1.82, 2.24) is 9.97 Å². The van der Waals surface area contributed by atoms with Crippen molar-refractivity contribution in [3.05, 3.63) is 72.1 Å². The SMILES string of the molecule is CCc1ccc(-c2ccc(C(=O)Nc3ccc(OC)nc3)cc2)nc1. The first-order valence-electron chi connectivity index (χ1n) is 8.06. The second kappa shape index (κ2) is 7.57. The predicted octanol–water partition coefficient (Wildman–Crippen LogP) is 3.97. The number of aromatic nitrogens is 2. The highest BCUT2D eigenvalue weighted by Crippen LogP contribution is 2.19. The van der Waals surface area contributed by atoms with Gasteiger partial charge in [0.15, 0.2) is 0 Å². The van der Waals surface area contributed by atoms with Gasteiger partial charge in [0.05, 0.1) is 24.7 Å². The van der Waals surface area contributed by atoms with Crippen LogP contribution in [0.5, 0.6) is 5.88 Å². The molecule has 0 fully saturated rings. The van der Waals surface area contributed by atoms with Crippen molar-refractivity contribution >= 4 is 11.6 Å². The Bertz CT molecular complexity index is 842. The van der Waals surface area contributed by atoms with Crippen molar-refractivity contribution in [2.45, 2.75) is 13.3 Å². The number of amides is 1. The van der Waals surface area contributed by atoms with Crippen LogP contribution in [0.1, 0.15) is 22.8 Å². The van der Waals surface area contributed by atoms with Crippen molar-refractivity contribution in [3.8, 4) is 17.1 Å². The molecule has 0 saturated heterocycles. The van der Waals surface area contributed by atoms with Crippen LogP contribution in [0.15, 0.2) is 60.9 Å². The molecule has 2 aromatic heterocycles. The molecule has 0 bridgehead atoms. The summed E-state index contributed by atoms with van der Waals surface area (Å²) < 4.78 is 5.00. The highest BCUT2D eigenvalue weighted by Gasteiger charge is 2.07. The van der Waals surface area contributed by atoms with E-state index < -0.39 is 0 Å². The van der Waals surface area contributed by atoms with Crippen LogP contribution in [0.2, 0.25) is 0 Å². The lowest BCUT2D eigenvalue weighted by Gasteiger charge is -2.07. The van der Waals surface area contributed by atoms with Gasteiger partial charge < -0.3 is 10.1 Å². The molecule has 0 aliphatic rings. The largest absolute Gasteiger partial charge is 0.481 e. The Balaban J connectivity index is 1.71. The van der Waals surface area contributed by atoms with Crippen molar-refractivity contribution in [1.29, 1.82) is 0 Å². The topological polar surface area (TPSA) is 64.1 Å². The van der Waals surface area contributed by atoms with Gasteiger partial charge in [-0.2, -0.15) is 0 Å². The van der Waals surface area contributed by atoms with E-state index in [0.29, 0.717) is 17.1 Å². The highest BCUT2D eigenvalue weighted by atomic mass is 16.5. The average Bonchev–Trinajstić information content (AvgIpc) is 2.69. The maximum atomic E-state index is 12.3. The van der Waals surface area contributed by atoms with Crippen LogP contribution in [-0.2, 0) is 6.42 Å². The fourth-order valence-corrected chi connectivity index (χ4v) is 2.38. The number of pyridine rings is 2. The lowest BCUT2D eigenvalue weighted by atomic mass is 10.1. The highest BCUT2D eigenvalue weighted by molar-refractivity contribution is 6.04. The Kier molecular flexibility index (Phi) is 5.04. The normalized spacial score (nSPS) is 10.3. The summed E-state index contributed by atoms with van der Waals surface area (Å²) in [5.74, 6) is 0.316. The van der Waals surface area contributed by atoms with E-state index in [4.69, 9.17) is 4.74 Å². The van der Waals surface area contributed by atoms with E-state index in [0.717, 1.165) is 17.7 Å². The maximum absolute atomic E-state index is 12.3. The number of anilines is 1. The number of carbonyl (C=O) groups excluding carboxylic acids is 1. The molecule has 0 aliphatic carbocycles. The van der Waals surface area contributed by atoms with Gasteiger partial charge in [-0.3, -0.25) is 9.78 Å². The third kappa shape index (κ3) is 4.01. The second-order valence-electron chi connectivity index (χ2n) is 5.53. The van der Waals surface area contributed by atoms with Crippen molar-refractivity contribution in [3.63, 3.8) is 0 Å². The van der Waals surface area contributed by atoms with E-state index in [1.54, 1.807) is 37.6 Å². The number of nitrogens with one attached hydrogen (secondary N) is 1. The zero-order valence-electron chi connectivity index (χ0n) is 14.2. The van der Waals surface area contributed by atoms with Crippen molar-refractivity contribution in [2.24, 2.45) is 0 Å². The summed E-state index contributed by atoms with van der Waals surface area (Å²) in [6.45, 7) is 2.10. The van der Waals surface area contributed by atoms with Crippen LogP contribution in [0, 0.1) is 0 Å². The third-order valence-electron chi connectivity index (χ3n) is 3.88. The summed E-state index contributed by atoms with van der Waals surface area (Å²) in [6, 6.07) is 14.9. The Morgan fingerprint density at radius 2 is 1.80 bits per heavy atom. The average molecular weight is 333 g/mol. The van der Waals surface area contributed by atoms with Crippen LogP contribution in [0.25, 0.3) is 11.3 Å². The molecule has 126 valence electrons. The summed E-state index contributed by atoms with van der Waals surface area (Å²) in [5.41, 5.74) is 4.26. The summed E-state index contributed by atoms with van der Waals surface area (Å²) in [6.07, 6.45) is 4.41. The molecule has 1 N–H and O–H groups in total. The van der Waals surface area contributed by atoms with Gasteiger partial charge in [-0.1, -0.05) is 25.1 Å². The molecular weight excluding hydrogens is 314 g/mol. The Morgan fingerprint density at radius 1 is 1.00 bits per heavy atom. The number of aryl methyl sites for hydroxylation is 1. The van der Waals surface area contributed by atoms with Gasteiger partial charge in [0.25, 0.3) is 5.91 Å². The van der Waals surface area contributed by atoms with Crippen LogP contribution in [0.3, 0.4) is 0 Å². The second-order valence-corrected chi connectivity index (χ2v) is 5.53. The molecule has 0 aliphatic heterocycles. The lowest BCUT2D eigenvalue weighted by molar-refractivity contribution is 0.102. The van der Waals surface area contributed by atoms with Gasteiger partial charge in [0.2, 0.25) is 5.88 Å². The minimum Gasteiger partial charge on any atom is -0.481 e. The first-order chi connectivity index (χ1) is 12.2. The molecule has 1 aromatic carbocycles. The zero-order valence-corrected chi connectivity index (χ0v) is 14.2. The minimum atomic E-state index is -0.187. The van der Waals surface area contributed by atoms with Crippen LogP contribution < -0.4 is 10.1 Å². The molecule has 3 rings (SSSR count). The quantitative estimate of drug-likeness (QED) is 0.767. The fraction of sp³-hybridized carbons (Fsp3) is 0.150. The van der Waals surface area contributed by atoms with Gasteiger partial charge in [-0.25, -0.2) is 4.98 Å². The zero-order chi connectivity index (χ0) is 17.6. The summed E-state index contributed by atoms with van der Waals surface area (Å²) in [7, 11) is 1.55. The van der Waals surface area contributed by atoms with Gasteiger partial charge in [-0.05, 0) is 36.2 Å². The molecule has 0 atom stereocenters. The monoisotopic (exact) mass is 333 g/mol. The number of methoxy groups -OCH3 is 1. The maximum Gasteiger partial charge on any atom is 0.255 e. The number of hydrogen-bond donors (Lipinski definition) is 1. The first kappa shape index (κ1) is 16.6. The van der Waals surface area contributed by atoms with Gasteiger partial charge in [-0.15, -0.1) is 0 Å². The summed E-state index contributed by atoms with van der Waals surface area (Å²) >= 11 is 0. The Morgan fingerprint density at radius 3 is 2.36 bits per heavy atom. The summed E-state index contributed by atoms with van der Waals surface area (Å²) in [5, 5.41) is 2.81. The van der Waals surface area contributed by atoms with Crippen molar-refractivity contribution in [2.75, 3.05) is 12.4 Å². The van der Waals surface area contributed by atoms with Gasteiger partial charge >= 0.3 is 0 Å². The summed E-state index contributed by atoms with van der Waals surface area (Å²) in [4.78, 5) is 20.8. The van der Waals surface area contributed by atoms with Crippen molar-refractivity contribution < 1.29 is 9.53 Å². The molecular formula is C20H19N3O2. The molecule has 0 saturated carbocycles. The molecule has 3 aromatic rings. The fourth-order valence-electron chi connectivity index (χ4n) is 2.38.